The minimum atomic E-state index is -0.621. The van der Waals surface area contributed by atoms with Gasteiger partial charge in [-0.05, 0) is 11.1 Å². The van der Waals surface area contributed by atoms with E-state index in [2.05, 4.69) is 10.3 Å². The third-order valence-corrected chi connectivity index (χ3v) is 4.41. The smallest absolute Gasteiger partial charge is 0.286 e. The van der Waals surface area contributed by atoms with Gasteiger partial charge in [-0.15, -0.1) is 0 Å². The molecular formula is C20H20N4O5. The molecule has 0 unspecified atom stereocenters. The van der Waals surface area contributed by atoms with Crippen LogP contribution in [0.5, 0.6) is 11.5 Å². The molecule has 0 atom stereocenters. The second-order valence-corrected chi connectivity index (χ2v) is 6.17. The van der Waals surface area contributed by atoms with Crippen LogP contribution < -0.4 is 14.8 Å². The van der Waals surface area contributed by atoms with Crippen LogP contribution in [0.15, 0.2) is 55.1 Å². The Labute approximate surface area is 167 Å². The molecule has 3 aromatic rings. The van der Waals surface area contributed by atoms with E-state index >= 15 is 0 Å². The van der Waals surface area contributed by atoms with Crippen molar-refractivity contribution in [2.75, 3.05) is 14.2 Å². The maximum atomic E-state index is 12.7. The largest absolute Gasteiger partial charge is 0.493 e. The van der Waals surface area contributed by atoms with E-state index in [9.17, 15) is 14.9 Å². The molecule has 0 saturated heterocycles. The minimum absolute atomic E-state index is 0.0975. The first kappa shape index (κ1) is 19.9. The molecule has 0 radical (unpaired) electrons. The van der Waals surface area contributed by atoms with Gasteiger partial charge in [0.25, 0.3) is 11.6 Å². The maximum Gasteiger partial charge on any atom is 0.286 e. The number of hydrogen-bond donors (Lipinski definition) is 1. The van der Waals surface area contributed by atoms with E-state index in [-0.39, 0.29) is 29.3 Å². The predicted octanol–water partition coefficient (Wildman–Crippen LogP) is 2.79. The molecular weight excluding hydrogens is 376 g/mol. The summed E-state index contributed by atoms with van der Waals surface area (Å²) in [5.41, 5.74) is 1.46. The van der Waals surface area contributed by atoms with E-state index in [1.165, 1.54) is 26.4 Å². The summed E-state index contributed by atoms with van der Waals surface area (Å²) in [6, 6.07) is 10.1. The summed E-state index contributed by atoms with van der Waals surface area (Å²) < 4.78 is 12.2. The van der Waals surface area contributed by atoms with Gasteiger partial charge in [-0.1, -0.05) is 24.3 Å². The van der Waals surface area contributed by atoms with E-state index in [4.69, 9.17) is 9.47 Å². The van der Waals surface area contributed by atoms with Crippen LogP contribution in [0.3, 0.4) is 0 Å². The molecule has 0 bridgehead atoms. The Kier molecular flexibility index (Phi) is 6.08. The zero-order valence-electron chi connectivity index (χ0n) is 16.0. The second kappa shape index (κ2) is 8.87. The van der Waals surface area contributed by atoms with Crippen LogP contribution in [0, 0.1) is 10.1 Å². The van der Waals surface area contributed by atoms with Crippen molar-refractivity contribution < 1.29 is 19.2 Å². The fourth-order valence-electron chi connectivity index (χ4n) is 2.93. The Balaban J connectivity index is 1.82. The topological polar surface area (TPSA) is 109 Å². The van der Waals surface area contributed by atoms with E-state index < -0.39 is 10.8 Å². The molecule has 1 heterocycles. The molecule has 0 saturated carbocycles. The first-order chi connectivity index (χ1) is 14.0. The number of carbonyl (C=O) groups excluding carboxylic acids is 1. The van der Waals surface area contributed by atoms with Crippen molar-refractivity contribution in [2.24, 2.45) is 0 Å². The number of nitrogens with zero attached hydrogens (tertiary/aromatic N) is 3. The molecule has 1 aromatic heterocycles. The van der Waals surface area contributed by atoms with Crippen molar-refractivity contribution in [3.05, 3.63) is 81.9 Å². The molecule has 1 N–H and O–H groups in total. The molecule has 0 aliphatic rings. The summed E-state index contributed by atoms with van der Waals surface area (Å²) in [5, 5.41) is 14.2. The van der Waals surface area contributed by atoms with Gasteiger partial charge in [0, 0.05) is 31.5 Å². The number of imidazole rings is 1. The monoisotopic (exact) mass is 396 g/mol. The van der Waals surface area contributed by atoms with Crippen molar-refractivity contribution in [1.82, 2.24) is 14.9 Å². The number of nitro benzene ring substituents is 1. The Hall–Kier alpha value is -3.88. The quantitative estimate of drug-likeness (QED) is 0.463. The number of hydrogen-bond acceptors (Lipinski definition) is 6. The number of amides is 1. The van der Waals surface area contributed by atoms with Crippen molar-refractivity contribution in [2.45, 2.75) is 13.1 Å². The third-order valence-electron chi connectivity index (χ3n) is 4.41. The van der Waals surface area contributed by atoms with E-state index in [0.717, 1.165) is 11.1 Å². The van der Waals surface area contributed by atoms with Crippen LogP contribution in [-0.4, -0.2) is 34.6 Å². The van der Waals surface area contributed by atoms with Gasteiger partial charge in [0.1, 0.15) is 5.56 Å². The van der Waals surface area contributed by atoms with Gasteiger partial charge >= 0.3 is 0 Å². The highest BCUT2D eigenvalue weighted by atomic mass is 16.6. The lowest BCUT2D eigenvalue weighted by atomic mass is 10.1. The van der Waals surface area contributed by atoms with Gasteiger partial charge in [0.05, 0.1) is 31.5 Å². The first-order valence-corrected chi connectivity index (χ1v) is 8.74. The third kappa shape index (κ3) is 4.52. The highest BCUT2D eigenvalue weighted by Gasteiger charge is 2.24. The number of rotatable bonds is 8. The summed E-state index contributed by atoms with van der Waals surface area (Å²) in [6.45, 7) is 0.817. The van der Waals surface area contributed by atoms with Gasteiger partial charge in [0.15, 0.2) is 11.5 Å². The summed E-state index contributed by atoms with van der Waals surface area (Å²) in [7, 11) is 2.77. The van der Waals surface area contributed by atoms with Crippen molar-refractivity contribution in [3.63, 3.8) is 0 Å². The van der Waals surface area contributed by atoms with Crippen LogP contribution in [0.25, 0.3) is 0 Å². The SMILES string of the molecule is COc1cc(C(=O)NCc2ccccc2Cn2ccnc2)c([N+](=O)[O-])cc1OC. The van der Waals surface area contributed by atoms with Crippen molar-refractivity contribution >= 4 is 11.6 Å². The lowest BCUT2D eigenvalue weighted by molar-refractivity contribution is -0.385. The Morgan fingerprint density at radius 1 is 1.17 bits per heavy atom. The zero-order valence-corrected chi connectivity index (χ0v) is 16.0. The van der Waals surface area contributed by atoms with Gasteiger partial charge in [-0.25, -0.2) is 4.98 Å². The highest BCUT2D eigenvalue weighted by Crippen LogP contribution is 2.34. The van der Waals surface area contributed by atoms with Gasteiger partial charge in [-0.3, -0.25) is 14.9 Å². The number of nitro groups is 1. The Morgan fingerprint density at radius 2 is 1.86 bits per heavy atom. The fraction of sp³-hybridized carbons (Fsp3) is 0.200. The number of ether oxygens (including phenoxy) is 2. The molecule has 9 heteroatoms. The van der Waals surface area contributed by atoms with Crippen LogP contribution in [0.4, 0.5) is 5.69 Å². The van der Waals surface area contributed by atoms with E-state index in [1.54, 1.807) is 12.5 Å². The zero-order chi connectivity index (χ0) is 20.8. The molecule has 9 nitrogen and oxygen atoms in total. The van der Waals surface area contributed by atoms with Crippen LogP contribution in [0.1, 0.15) is 21.5 Å². The van der Waals surface area contributed by atoms with Crippen LogP contribution >= 0.6 is 0 Å². The van der Waals surface area contributed by atoms with Crippen molar-refractivity contribution in [1.29, 1.82) is 0 Å². The summed E-state index contributed by atoms with van der Waals surface area (Å²) in [6.07, 6.45) is 5.26. The lowest BCUT2D eigenvalue weighted by Crippen LogP contribution is -2.24. The molecule has 2 aromatic carbocycles. The summed E-state index contributed by atoms with van der Waals surface area (Å²) in [5.74, 6) is -0.153. The number of carbonyl (C=O) groups is 1. The second-order valence-electron chi connectivity index (χ2n) is 6.17. The molecule has 0 fully saturated rings. The molecule has 1 amide bonds. The van der Waals surface area contributed by atoms with Crippen LogP contribution in [-0.2, 0) is 13.1 Å². The molecule has 0 aliphatic carbocycles. The molecule has 3 rings (SSSR count). The average Bonchev–Trinajstić information content (AvgIpc) is 3.24. The first-order valence-electron chi connectivity index (χ1n) is 8.74. The van der Waals surface area contributed by atoms with Gasteiger partial charge < -0.3 is 19.4 Å². The number of methoxy groups -OCH3 is 2. The summed E-state index contributed by atoms with van der Waals surface area (Å²) >= 11 is 0. The normalized spacial score (nSPS) is 10.4. The molecule has 150 valence electrons. The molecule has 29 heavy (non-hydrogen) atoms. The average molecular weight is 396 g/mol. The van der Waals surface area contributed by atoms with E-state index in [1.807, 2.05) is 35.0 Å². The van der Waals surface area contributed by atoms with E-state index in [0.29, 0.717) is 6.54 Å². The van der Waals surface area contributed by atoms with Gasteiger partial charge in [-0.2, -0.15) is 0 Å². The summed E-state index contributed by atoms with van der Waals surface area (Å²) in [4.78, 5) is 27.5. The minimum Gasteiger partial charge on any atom is -0.493 e. The fourth-order valence-corrected chi connectivity index (χ4v) is 2.93. The lowest BCUT2D eigenvalue weighted by Gasteiger charge is -2.13. The van der Waals surface area contributed by atoms with Crippen LogP contribution in [0.2, 0.25) is 0 Å². The standard InChI is InChI=1S/C20H20N4O5/c1-28-18-9-16(17(24(26)27)10-19(18)29-2)20(25)22-11-14-5-3-4-6-15(14)12-23-8-7-21-13-23/h3-10,13H,11-12H2,1-2H3,(H,22,25). The predicted molar refractivity (Wildman–Crippen MR) is 105 cm³/mol. The maximum absolute atomic E-state index is 12.7. The Bertz CT molecular complexity index is 1020. The van der Waals surface area contributed by atoms with Crippen molar-refractivity contribution in [3.8, 4) is 11.5 Å². The molecule has 0 spiro atoms. The molecule has 0 aliphatic heterocycles. The highest BCUT2D eigenvalue weighted by molar-refractivity contribution is 5.99. The number of aromatic nitrogens is 2. The van der Waals surface area contributed by atoms with Gasteiger partial charge in [0.2, 0.25) is 0 Å². The number of benzene rings is 2. The Morgan fingerprint density at radius 3 is 2.48 bits per heavy atom. The number of nitrogens with one attached hydrogen (secondary N) is 1.